The molecular formula is C15H29NO. The predicted octanol–water partition coefficient (Wildman–Crippen LogP) is 3.43. The molecule has 0 aliphatic heterocycles. The maximum absolute atomic E-state index is 9.65. The van der Waals surface area contributed by atoms with Crippen LogP contribution in [0.1, 0.15) is 52.4 Å². The second-order valence-corrected chi connectivity index (χ2v) is 4.45. The van der Waals surface area contributed by atoms with Crippen molar-refractivity contribution in [3.63, 3.8) is 0 Å². The molecule has 17 heavy (non-hydrogen) atoms. The van der Waals surface area contributed by atoms with Gasteiger partial charge in [-0.05, 0) is 12.8 Å². The Bertz CT molecular complexity index is 199. The number of aliphatic hydroxyl groups excluding tert-OH is 1. The molecule has 0 radical (unpaired) electrons. The summed E-state index contributed by atoms with van der Waals surface area (Å²) in [5.41, 5.74) is 0. The third-order valence-corrected chi connectivity index (χ3v) is 2.62. The molecule has 0 aliphatic carbocycles. The summed E-state index contributed by atoms with van der Waals surface area (Å²) in [4.78, 5) is 0. The first-order valence-corrected chi connectivity index (χ1v) is 7.01. The summed E-state index contributed by atoms with van der Waals surface area (Å²) in [5, 5.41) is 12.9. The maximum Gasteiger partial charge on any atom is 0.0664 e. The number of aliphatic hydroxyl groups is 1. The molecule has 1 atom stereocenters. The molecule has 2 heteroatoms. The molecule has 0 unspecified atom stereocenters. The molecule has 0 aliphatic rings. The summed E-state index contributed by atoms with van der Waals surface area (Å²) in [6.45, 7) is 5.89. The van der Waals surface area contributed by atoms with Gasteiger partial charge in [-0.2, -0.15) is 0 Å². The van der Waals surface area contributed by atoms with Crippen molar-refractivity contribution in [1.82, 2.24) is 5.32 Å². The van der Waals surface area contributed by atoms with Crippen molar-refractivity contribution >= 4 is 0 Å². The Balaban J connectivity index is 3.31. The first-order valence-electron chi connectivity index (χ1n) is 7.01. The van der Waals surface area contributed by atoms with E-state index in [0.717, 1.165) is 25.8 Å². The first-order chi connectivity index (χ1) is 8.31. The van der Waals surface area contributed by atoms with Gasteiger partial charge in [0.2, 0.25) is 0 Å². The Morgan fingerprint density at radius 2 is 1.82 bits per heavy atom. The molecule has 0 saturated heterocycles. The minimum atomic E-state index is -0.189. The Labute approximate surface area is 107 Å². The molecule has 0 aromatic carbocycles. The first kappa shape index (κ1) is 16.4. The van der Waals surface area contributed by atoms with Gasteiger partial charge >= 0.3 is 0 Å². The highest BCUT2D eigenvalue weighted by Crippen LogP contribution is 2.02. The second kappa shape index (κ2) is 13.5. The quantitative estimate of drug-likeness (QED) is 0.428. The monoisotopic (exact) mass is 239 g/mol. The lowest BCUT2D eigenvalue weighted by Gasteiger charge is -2.09. The molecule has 0 amide bonds. The van der Waals surface area contributed by atoms with Crippen LogP contribution in [0.2, 0.25) is 0 Å². The lowest BCUT2D eigenvalue weighted by Crippen LogP contribution is -2.26. The van der Waals surface area contributed by atoms with Crippen LogP contribution >= 0.6 is 0 Å². The number of nitrogens with one attached hydrogen (secondary N) is 1. The number of hydrogen-bond donors (Lipinski definition) is 2. The summed E-state index contributed by atoms with van der Waals surface area (Å²) in [6, 6.07) is 0. The Morgan fingerprint density at radius 3 is 2.53 bits per heavy atom. The largest absolute Gasteiger partial charge is 0.392 e. The van der Waals surface area contributed by atoms with Crippen LogP contribution in [0.3, 0.4) is 0 Å². The van der Waals surface area contributed by atoms with Crippen molar-refractivity contribution in [2.75, 3.05) is 13.1 Å². The predicted molar refractivity (Wildman–Crippen MR) is 76.2 cm³/mol. The van der Waals surface area contributed by atoms with E-state index in [-0.39, 0.29) is 6.10 Å². The standard InChI is InChI=1S/C15H29NO/c1-3-5-7-8-9-11-13-16-14-15(17)12-10-6-4-2/h7-9,11,15-17H,3-6,10,12-14H2,1-2H3/b8-7+,11-9+/t15-/m1/s1. The van der Waals surface area contributed by atoms with Gasteiger partial charge < -0.3 is 10.4 Å². The van der Waals surface area contributed by atoms with E-state index in [4.69, 9.17) is 0 Å². The summed E-state index contributed by atoms with van der Waals surface area (Å²) in [5.74, 6) is 0. The minimum absolute atomic E-state index is 0.189. The number of hydrogen-bond acceptors (Lipinski definition) is 2. The van der Waals surface area contributed by atoms with E-state index in [1.807, 2.05) is 0 Å². The highest BCUT2D eigenvalue weighted by Gasteiger charge is 2.01. The van der Waals surface area contributed by atoms with Gasteiger partial charge in [-0.25, -0.2) is 0 Å². The van der Waals surface area contributed by atoms with Crippen LogP contribution in [0.25, 0.3) is 0 Å². The third kappa shape index (κ3) is 13.3. The fraction of sp³-hybridized carbons (Fsp3) is 0.733. The summed E-state index contributed by atoms with van der Waals surface area (Å²) in [7, 11) is 0. The fourth-order valence-electron chi connectivity index (χ4n) is 1.55. The van der Waals surface area contributed by atoms with Crippen LogP contribution in [0.4, 0.5) is 0 Å². The molecule has 2 nitrogen and oxygen atoms in total. The van der Waals surface area contributed by atoms with Gasteiger partial charge in [0.25, 0.3) is 0 Å². The molecular weight excluding hydrogens is 210 g/mol. The van der Waals surface area contributed by atoms with Gasteiger partial charge in [0.15, 0.2) is 0 Å². The van der Waals surface area contributed by atoms with Gasteiger partial charge in [0, 0.05) is 13.1 Å². The van der Waals surface area contributed by atoms with Gasteiger partial charge in [-0.15, -0.1) is 0 Å². The van der Waals surface area contributed by atoms with Crippen LogP contribution < -0.4 is 5.32 Å². The van der Waals surface area contributed by atoms with Crippen molar-refractivity contribution < 1.29 is 5.11 Å². The fourth-order valence-corrected chi connectivity index (χ4v) is 1.55. The molecule has 0 saturated carbocycles. The molecule has 0 fully saturated rings. The van der Waals surface area contributed by atoms with Crippen LogP contribution in [-0.4, -0.2) is 24.3 Å². The lowest BCUT2D eigenvalue weighted by atomic mass is 10.1. The molecule has 0 aromatic rings. The molecule has 0 heterocycles. The molecule has 2 N–H and O–H groups in total. The van der Waals surface area contributed by atoms with Crippen LogP contribution in [-0.2, 0) is 0 Å². The van der Waals surface area contributed by atoms with Crippen molar-refractivity contribution in [3.05, 3.63) is 24.3 Å². The van der Waals surface area contributed by atoms with Crippen LogP contribution in [0, 0.1) is 0 Å². The zero-order valence-corrected chi connectivity index (χ0v) is 11.5. The Kier molecular flexibility index (Phi) is 13.0. The number of unbranched alkanes of at least 4 members (excludes halogenated alkanes) is 3. The van der Waals surface area contributed by atoms with Crippen molar-refractivity contribution in [2.24, 2.45) is 0 Å². The van der Waals surface area contributed by atoms with Gasteiger partial charge in [0.05, 0.1) is 6.10 Å². The zero-order chi connectivity index (χ0) is 12.8. The van der Waals surface area contributed by atoms with Gasteiger partial charge in [-0.3, -0.25) is 0 Å². The van der Waals surface area contributed by atoms with E-state index < -0.39 is 0 Å². The average molecular weight is 239 g/mol. The van der Waals surface area contributed by atoms with E-state index in [1.165, 1.54) is 19.3 Å². The summed E-state index contributed by atoms with van der Waals surface area (Å²) < 4.78 is 0. The van der Waals surface area contributed by atoms with Crippen molar-refractivity contribution in [2.45, 2.75) is 58.5 Å². The van der Waals surface area contributed by atoms with E-state index in [0.29, 0.717) is 6.54 Å². The SMILES string of the molecule is CCC/C=C/C=C/CNC[C@H](O)CCCCC. The van der Waals surface area contributed by atoms with Crippen LogP contribution in [0.15, 0.2) is 24.3 Å². The van der Waals surface area contributed by atoms with Crippen LogP contribution in [0.5, 0.6) is 0 Å². The molecule has 0 bridgehead atoms. The number of allylic oxidation sites excluding steroid dienone is 3. The topological polar surface area (TPSA) is 32.3 Å². The van der Waals surface area contributed by atoms with E-state index in [2.05, 4.69) is 43.5 Å². The van der Waals surface area contributed by atoms with E-state index in [1.54, 1.807) is 0 Å². The smallest absolute Gasteiger partial charge is 0.0664 e. The molecule has 0 rings (SSSR count). The van der Waals surface area contributed by atoms with E-state index in [9.17, 15) is 5.11 Å². The average Bonchev–Trinajstić information content (AvgIpc) is 2.33. The van der Waals surface area contributed by atoms with Gasteiger partial charge in [0.1, 0.15) is 0 Å². The summed E-state index contributed by atoms with van der Waals surface area (Å²) >= 11 is 0. The Hall–Kier alpha value is -0.600. The molecule has 0 aromatic heterocycles. The summed E-state index contributed by atoms with van der Waals surface area (Å²) in [6.07, 6.45) is 15.1. The second-order valence-electron chi connectivity index (χ2n) is 4.45. The van der Waals surface area contributed by atoms with E-state index >= 15 is 0 Å². The highest BCUT2D eigenvalue weighted by molar-refractivity contribution is 5.02. The normalized spacial score (nSPS) is 13.8. The highest BCUT2D eigenvalue weighted by atomic mass is 16.3. The Morgan fingerprint density at radius 1 is 1.06 bits per heavy atom. The molecule has 0 spiro atoms. The van der Waals surface area contributed by atoms with Gasteiger partial charge in [-0.1, -0.05) is 63.8 Å². The lowest BCUT2D eigenvalue weighted by molar-refractivity contribution is 0.159. The minimum Gasteiger partial charge on any atom is -0.392 e. The van der Waals surface area contributed by atoms with Crippen molar-refractivity contribution in [1.29, 1.82) is 0 Å². The zero-order valence-electron chi connectivity index (χ0n) is 11.5. The maximum atomic E-state index is 9.65. The number of rotatable bonds is 11. The molecule has 100 valence electrons. The third-order valence-electron chi connectivity index (χ3n) is 2.62. The van der Waals surface area contributed by atoms with Crippen molar-refractivity contribution in [3.8, 4) is 0 Å².